The molecule has 0 aliphatic carbocycles. The number of carbonyl (C=O) groups excluding carboxylic acids is 1. The van der Waals surface area contributed by atoms with Gasteiger partial charge in [0, 0.05) is 0 Å². The van der Waals surface area contributed by atoms with E-state index in [0.29, 0.717) is 12.7 Å². The minimum Gasteiger partial charge on any atom is -0.463 e. The molecule has 0 spiro atoms. The first-order valence-corrected chi connectivity index (χ1v) is 8.75. The molecule has 0 saturated heterocycles. The molecule has 0 fully saturated rings. The van der Waals surface area contributed by atoms with E-state index in [0.717, 1.165) is 0 Å². The highest BCUT2D eigenvalue weighted by atomic mass is 32.3. The van der Waals surface area contributed by atoms with E-state index >= 15 is 0 Å². The smallest absolute Gasteiger partial charge is 0.349 e. The fraction of sp³-hybridized carbons (Fsp3) is 0.889. The topological polar surface area (TPSA) is 116 Å². The van der Waals surface area contributed by atoms with Crippen LogP contribution in [-0.4, -0.2) is 42.3 Å². The summed E-state index contributed by atoms with van der Waals surface area (Å²) in [5.41, 5.74) is -0.663. The summed E-state index contributed by atoms with van der Waals surface area (Å²) in [4.78, 5) is 11.5. The highest BCUT2D eigenvalue weighted by Gasteiger charge is 2.27. The van der Waals surface area contributed by atoms with Gasteiger partial charge in [0.25, 0.3) is 0 Å². The van der Waals surface area contributed by atoms with Crippen LogP contribution in [0.1, 0.15) is 27.2 Å². The van der Waals surface area contributed by atoms with E-state index in [1.165, 1.54) is 4.13 Å². The summed E-state index contributed by atoms with van der Waals surface area (Å²) in [5, 5.41) is 0. The van der Waals surface area contributed by atoms with Crippen molar-refractivity contribution in [2.75, 3.05) is 19.5 Å². The predicted octanol–water partition coefficient (Wildman–Crippen LogP) is -0.224. The molecule has 0 heterocycles. The first-order chi connectivity index (χ1) is 8.40. The third-order valence-electron chi connectivity index (χ3n) is 2.24. The van der Waals surface area contributed by atoms with Gasteiger partial charge >= 0.3 is 16.3 Å². The van der Waals surface area contributed by atoms with Crippen molar-refractivity contribution in [1.29, 1.82) is 0 Å². The van der Waals surface area contributed by atoms with Crippen molar-refractivity contribution in [3.63, 3.8) is 0 Å². The number of rotatable bonds is 8. The second-order valence-electron chi connectivity index (χ2n) is 4.50. The number of sulfonamides is 1. The maximum Gasteiger partial charge on any atom is 0.349 e. The van der Waals surface area contributed by atoms with Gasteiger partial charge in [0.15, 0.2) is 0 Å². The van der Waals surface area contributed by atoms with Crippen molar-refractivity contribution in [1.82, 2.24) is 4.13 Å². The number of hydrogen-bond donors (Lipinski definition) is 1. The Morgan fingerprint density at radius 2 is 1.68 bits per heavy atom. The molecule has 114 valence electrons. The van der Waals surface area contributed by atoms with Crippen LogP contribution in [0.3, 0.4) is 0 Å². The Labute approximate surface area is 113 Å². The van der Waals surface area contributed by atoms with Crippen LogP contribution < -0.4 is 4.13 Å². The maximum atomic E-state index is 11.5. The van der Waals surface area contributed by atoms with Gasteiger partial charge < -0.3 is 4.74 Å². The standard InChI is InChI=1S/C9H19NO7S2/c1-5-9(2,3)8(11)16-6-7-17-19(14,15)10-18(4,12)13/h10H,5-7H2,1-4H3. The van der Waals surface area contributed by atoms with E-state index in [9.17, 15) is 21.6 Å². The van der Waals surface area contributed by atoms with Gasteiger partial charge in [-0.25, -0.2) is 8.42 Å². The average molecular weight is 317 g/mol. The molecule has 0 aromatic heterocycles. The molecular weight excluding hydrogens is 298 g/mol. The minimum atomic E-state index is -4.41. The summed E-state index contributed by atoms with van der Waals surface area (Å²) in [6.45, 7) is 4.46. The van der Waals surface area contributed by atoms with Crippen LogP contribution in [-0.2, 0) is 34.0 Å². The van der Waals surface area contributed by atoms with Crippen LogP contribution in [0.2, 0.25) is 0 Å². The van der Waals surface area contributed by atoms with E-state index in [2.05, 4.69) is 4.18 Å². The maximum absolute atomic E-state index is 11.5. The van der Waals surface area contributed by atoms with Crippen LogP contribution in [0.25, 0.3) is 0 Å². The largest absolute Gasteiger partial charge is 0.463 e. The second-order valence-corrected chi connectivity index (χ2v) is 7.86. The van der Waals surface area contributed by atoms with E-state index in [1.54, 1.807) is 13.8 Å². The lowest BCUT2D eigenvalue weighted by Crippen LogP contribution is -2.32. The molecule has 0 aromatic rings. The summed E-state index contributed by atoms with van der Waals surface area (Å²) in [7, 11) is -8.34. The number of hydrogen-bond acceptors (Lipinski definition) is 7. The molecule has 1 N–H and O–H groups in total. The molecule has 19 heavy (non-hydrogen) atoms. The van der Waals surface area contributed by atoms with E-state index < -0.39 is 38.3 Å². The molecule has 0 amide bonds. The zero-order valence-electron chi connectivity index (χ0n) is 11.3. The average Bonchev–Trinajstić information content (AvgIpc) is 2.20. The number of carbonyl (C=O) groups is 1. The summed E-state index contributed by atoms with van der Waals surface area (Å²) >= 11 is 0. The van der Waals surface area contributed by atoms with Gasteiger partial charge in [0.1, 0.15) is 13.2 Å². The monoisotopic (exact) mass is 317 g/mol. The molecule has 8 nitrogen and oxygen atoms in total. The highest BCUT2D eigenvalue weighted by molar-refractivity contribution is 8.02. The normalized spacial score (nSPS) is 13.3. The van der Waals surface area contributed by atoms with Gasteiger partial charge in [-0.2, -0.15) is 8.42 Å². The van der Waals surface area contributed by atoms with Gasteiger partial charge in [0.05, 0.1) is 11.7 Å². The molecule has 0 unspecified atom stereocenters. The Bertz CT molecular complexity index is 507. The second kappa shape index (κ2) is 6.64. The first kappa shape index (κ1) is 18.3. The number of esters is 1. The fourth-order valence-electron chi connectivity index (χ4n) is 0.827. The Morgan fingerprint density at radius 1 is 1.16 bits per heavy atom. The molecule has 0 aliphatic rings. The SMILES string of the molecule is CCC(C)(C)C(=O)OCCOS(=O)(=O)NS(C)(=O)=O. The third kappa shape index (κ3) is 8.14. The Kier molecular flexibility index (Phi) is 6.39. The van der Waals surface area contributed by atoms with E-state index in [4.69, 9.17) is 4.74 Å². The summed E-state index contributed by atoms with van der Waals surface area (Å²) in [6.07, 6.45) is 1.25. The lowest BCUT2D eigenvalue weighted by molar-refractivity contribution is -0.154. The first-order valence-electron chi connectivity index (χ1n) is 5.45. The Morgan fingerprint density at radius 3 is 2.11 bits per heavy atom. The van der Waals surface area contributed by atoms with Crippen molar-refractivity contribution >= 4 is 26.3 Å². The van der Waals surface area contributed by atoms with Crippen molar-refractivity contribution < 1.29 is 30.6 Å². The van der Waals surface area contributed by atoms with Gasteiger partial charge in [0.2, 0.25) is 10.0 Å². The van der Waals surface area contributed by atoms with Crippen LogP contribution >= 0.6 is 0 Å². The van der Waals surface area contributed by atoms with Crippen molar-refractivity contribution in [2.24, 2.45) is 5.41 Å². The summed E-state index contributed by atoms with van der Waals surface area (Å²) < 4.78 is 54.0. The van der Waals surface area contributed by atoms with Gasteiger partial charge in [-0.05, 0) is 20.3 Å². The Balaban J connectivity index is 4.17. The van der Waals surface area contributed by atoms with Crippen LogP contribution in [0.15, 0.2) is 0 Å². The van der Waals surface area contributed by atoms with Crippen LogP contribution in [0.5, 0.6) is 0 Å². The van der Waals surface area contributed by atoms with Gasteiger partial charge in [-0.1, -0.05) is 11.1 Å². The Hall–Kier alpha value is -0.710. The fourth-order valence-corrected chi connectivity index (χ4v) is 2.79. The van der Waals surface area contributed by atoms with Crippen LogP contribution in [0.4, 0.5) is 0 Å². The number of ether oxygens (including phenoxy) is 1. The molecule has 0 aliphatic heterocycles. The lowest BCUT2D eigenvalue weighted by Gasteiger charge is -2.20. The summed E-state index contributed by atoms with van der Waals surface area (Å²) in [6, 6.07) is 0. The molecule has 10 heteroatoms. The quantitative estimate of drug-likeness (QED) is 0.486. The highest BCUT2D eigenvalue weighted by Crippen LogP contribution is 2.21. The van der Waals surface area contributed by atoms with Gasteiger partial charge in [-0.15, -0.1) is 0 Å². The lowest BCUT2D eigenvalue weighted by atomic mass is 9.91. The number of nitrogens with one attached hydrogen (secondary N) is 1. The zero-order valence-corrected chi connectivity index (χ0v) is 12.9. The predicted molar refractivity (Wildman–Crippen MR) is 67.9 cm³/mol. The minimum absolute atomic E-state index is 0.285. The molecular formula is C9H19NO7S2. The molecule has 0 saturated carbocycles. The van der Waals surface area contributed by atoms with E-state index in [-0.39, 0.29) is 6.61 Å². The zero-order chi connectivity index (χ0) is 15.3. The van der Waals surface area contributed by atoms with Crippen LogP contribution in [0, 0.1) is 5.41 Å². The van der Waals surface area contributed by atoms with Crippen molar-refractivity contribution in [3.8, 4) is 0 Å². The van der Waals surface area contributed by atoms with Crippen molar-refractivity contribution in [2.45, 2.75) is 27.2 Å². The molecule has 0 aromatic carbocycles. The molecule has 0 radical (unpaired) electrons. The van der Waals surface area contributed by atoms with Gasteiger partial charge in [-0.3, -0.25) is 8.98 Å². The third-order valence-corrected chi connectivity index (χ3v) is 4.75. The molecule has 0 bridgehead atoms. The van der Waals surface area contributed by atoms with Crippen molar-refractivity contribution in [3.05, 3.63) is 0 Å². The molecule has 0 rings (SSSR count). The summed E-state index contributed by atoms with van der Waals surface area (Å²) in [5.74, 6) is -0.480. The molecule has 0 atom stereocenters. The van der Waals surface area contributed by atoms with E-state index in [1.807, 2.05) is 6.92 Å².